The van der Waals surface area contributed by atoms with E-state index in [0.717, 1.165) is 6.42 Å². The maximum absolute atomic E-state index is 12.4. The average molecular weight is 383 g/mol. The Kier molecular flexibility index (Phi) is 7.86. The number of hydrogen-bond acceptors (Lipinski definition) is 4. The molecule has 8 heteroatoms. The van der Waals surface area contributed by atoms with E-state index in [9.17, 15) is 8.42 Å². The van der Waals surface area contributed by atoms with E-state index in [4.69, 9.17) is 4.74 Å². The lowest BCUT2D eigenvalue weighted by Gasteiger charge is -2.27. The zero-order valence-electron chi connectivity index (χ0n) is 15.9. The predicted octanol–water partition coefficient (Wildman–Crippen LogP) is 0.918. The van der Waals surface area contributed by atoms with Gasteiger partial charge in [0.2, 0.25) is 10.0 Å². The molecule has 7 nitrogen and oxygen atoms in total. The van der Waals surface area contributed by atoms with Crippen molar-refractivity contribution in [3.8, 4) is 0 Å². The fourth-order valence-electron chi connectivity index (χ4n) is 2.86. The highest BCUT2D eigenvalue weighted by Gasteiger charge is 2.24. The van der Waals surface area contributed by atoms with E-state index in [0.29, 0.717) is 45.4 Å². The van der Waals surface area contributed by atoms with Crippen molar-refractivity contribution in [2.24, 2.45) is 4.99 Å². The number of guanidine groups is 1. The summed E-state index contributed by atoms with van der Waals surface area (Å²) in [6.07, 6.45) is 1.02. The molecule has 0 atom stereocenters. The molecule has 2 rings (SSSR count). The molecule has 0 spiro atoms. The third-order valence-corrected chi connectivity index (χ3v) is 6.30. The highest BCUT2D eigenvalue weighted by atomic mass is 32.2. The highest BCUT2D eigenvalue weighted by Crippen LogP contribution is 2.08. The van der Waals surface area contributed by atoms with Crippen LogP contribution < -0.4 is 5.32 Å². The molecule has 1 saturated heterocycles. The van der Waals surface area contributed by atoms with Gasteiger partial charge < -0.3 is 15.0 Å². The molecule has 146 valence electrons. The number of rotatable bonds is 7. The number of hydrogen-bond donors (Lipinski definition) is 1. The van der Waals surface area contributed by atoms with Gasteiger partial charge in [0.1, 0.15) is 0 Å². The van der Waals surface area contributed by atoms with Gasteiger partial charge in [0.25, 0.3) is 0 Å². The summed E-state index contributed by atoms with van der Waals surface area (Å²) in [5, 5.41) is 3.15. The molecular weight excluding hydrogens is 352 g/mol. The zero-order chi connectivity index (χ0) is 19.0. The van der Waals surface area contributed by atoms with Crippen LogP contribution in [-0.4, -0.2) is 76.3 Å². The molecule has 1 aromatic carbocycles. The summed E-state index contributed by atoms with van der Waals surface area (Å²) in [5.41, 5.74) is 2.50. The fraction of sp³-hybridized carbons (Fsp3) is 0.611. The predicted molar refractivity (Wildman–Crippen MR) is 105 cm³/mol. The van der Waals surface area contributed by atoms with E-state index >= 15 is 0 Å². The van der Waals surface area contributed by atoms with Gasteiger partial charge in [0.15, 0.2) is 5.96 Å². The van der Waals surface area contributed by atoms with Gasteiger partial charge in [0.05, 0.1) is 19.0 Å². The third-order valence-electron chi connectivity index (χ3n) is 4.43. The van der Waals surface area contributed by atoms with Crippen molar-refractivity contribution in [2.75, 3.05) is 52.7 Å². The minimum Gasteiger partial charge on any atom is -0.379 e. The summed E-state index contributed by atoms with van der Waals surface area (Å²) in [6.45, 7) is 4.97. The minimum absolute atomic E-state index is 0.0467. The normalized spacial score (nSPS) is 16.5. The summed E-state index contributed by atoms with van der Waals surface area (Å²) in [6, 6.07) is 8.50. The Morgan fingerprint density at radius 1 is 1.23 bits per heavy atom. The lowest BCUT2D eigenvalue weighted by atomic mass is 10.1. The van der Waals surface area contributed by atoms with Gasteiger partial charge in [-0.2, -0.15) is 4.31 Å². The summed E-state index contributed by atoms with van der Waals surface area (Å²) in [4.78, 5) is 6.24. The summed E-state index contributed by atoms with van der Waals surface area (Å²) >= 11 is 0. The van der Waals surface area contributed by atoms with E-state index in [-0.39, 0.29) is 5.75 Å². The third kappa shape index (κ3) is 5.96. The molecule has 0 aromatic heterocycles. The second-order valence-corrected chi connectivity index (χ2v) is 8.42. The molecule has 0 amide bonds. The SMILES string of the molecule is CCc1ccc(CN(C)C(=NC)NCCS(=O)(=O)N2CCOCC2)cc1. The van der Waals surface area contributed by atoms with E-state index in [1.165, 1.54) is 15.4 Å². The zero-order valence-corrected chi connectivity index (χ0v) is 16.8. The van der Waals surface area contributed by atoms with E-state index in [2.05, 4.69) is 41.5 Å². The van der Waals surface area contributed by atoms with Crippen molar-refractivity contribution in [3.05, 3.63) is 35.4 Å². The van der Waals surface area contributed by atoms with Crippen molar-refractivity contribution in [1.82, 2.24) is 14.5 Å². The first kappa shape index (κ1) is 20.7. The van der Waals surface area contributed by atoms with Gasteiger partial charge in [-0.15, -0.1) is 0 Å². The molecule has 0 aliphatic carbocycles. The molecule has 1 heterocycles. The number of morpholine rings is 1. The number of aryl methyl sites for hydroxylation is 1. The molecule has 0 bridgehead atoms. The van der Waals surface area contributed by atoms with Crippen LogP contribution in [0, 0.1) is 0 Å². The molecule has 0 unspecified atom stereocenters. The van der Waals surface area contributed by atoms with E-state index in [1.807, 2.05) is 11.9 Å². The summed E-state index contributed by atoms with van der Waals surface area (Å²) in [5.74, 6) is 0.729. The lowest BCUT2D eigenvalue weighted by molar-refractivity contribution is 0.0730. The molecular formula is C18H30N4O3S. The van der Waals surface area contributed by atoms with Crippen LogP contribution in [0.15, 0.2) is 29.3 Å². The van der Waals surface area contributed by atoms with Gasteiger partial charge in [-0.3, -0.25) is 4.99 Å². The Balaban J connectivity index is 1.84. The molecule has 1 N–H and O–H groups in total. The Morgan fingerprint density at radius 2 is 1.85 bits per heavy atom. The van der Waals surface area contributed by atoms with Crippen LogP contribution in [0.1, 0.15) is 18.1 Å². The second kappa shape index (κ2) is 9.89. The van der Waals surface area contributed by atoms with Gasteiger partial charge >= 0.3 is 0 Å². The van der Waals surface area contributed by atoms with Gasteiger partial charge in [-0.25, -0.2) is 8.42 Å². The van der Waals surface area contributed by atoms with Gasteiger partial charge in [-0.1, -0.05) is 31.2 Å². The summed E-state index contributed by atoms with van der Waals surface area (Å²) in [7, 11) is 0.386. The maximum atomic E-state index is 12.4. The van der Waals surface area contributed by atoms with Crippen molar-refractivity contribution < 1.29 is 13.2 Å². The van der Waals surface area contributed by atoms with Crippen LogP contribution in [0.2, 0.25) is 0 Å². The number of ether oxygens (including phenoxy) is 1. The standard InChI is InChI=1S/C18H30N4O3S/c1-4-16-5-7-17(8-6-16)15-21(3)18(19-2)20-9-14-26(23,24)22-10-12-25-13-11-22/h5-8H,4,9-15H2,1-3H3,(H,19,20). The number of benzene rings is 1. The van der Waals surface area contributed by atoms with Crippen molar-refractivity contribution in [1.29, 1.82) is 0 Å². The number of nitrogens with zero attached hydrogens (tertiary/aromatic N) is 3. The lowest BCUT2D eigenvalue weighted by Crippen LogP contribution is -2.45. The Labute approximate surface area is 157 Å². The molecule has 1 fully saturated rings. The Bertz CT molecular complexity index is 683. The van der Waals surface area contributed by atoms with Crippen molar-refractivity contribution >= 4 is 16.0 Å². The number of sulfonamides is 1. The average Bonchev–Trinajstić information content (AvgIpc) is 2.66. The Morgan fingerprint density at radius 3 is 2.42 bits per heavy atom. The second-order valence-electron chi connectivity index (χ2n) is 6.33. The molecule has 1 aliphatic rings. The summed E-state index contributed by atoms with van der Waals surface area (Å²) < 4.78 is 31.4. The van der Waals surface area contributed by atoms with Crippen LogP contribution >= 0.6 is 0 Å². The van der Waals surface area contributed by atoms with Crippen LogP contribution in [-0.2, 0) is 27.7 Å². The van der Waals surface area contributed by atoms with Gasteiger partial charge in [-0.05, 0) is 17.5 Å². The van der Waals surface area contributed by atoms with Gasteiger partial charge in [0, 0.05) is 40.3 Å². The maximum Gasteiger partial charge on any atom is 0.215 e. The quantitative estimate of drug-likeness (QED) is 0.561. The van der Waals surface area contributed by atoms with E-state index in [1.54, 1.807) is 7.05 Å². The van der Waals surface area contributed by atoms with Crippen molar-refractivity contribution in [3.63, 3.8) is 0 Å². The number of aliphatic imine (C=N–C) groups is 1. The largest absolute Gasteiger partial charge is 0.379 e. The topological polar surface area (TPSA) is 74.2 Å². The minimum atomic E-state index is -3.26. The Hall–Kier alpha value is -1.64. The number of nitrogens with one attached hydrogen (secondary N) is 1. The molecule has 0 saturated carbocycles. The highest BCUT2D eigenvalue weighted by molar-refractivity contribution is 7.89. The first-order valence-electron chi connectivity index (χ1n) is 9.01. The van der Waals surface area contributed by atoms with Crippen LogP contribution in [0.3, 0.4) is 0 Å². The molecule has 0 radical (unpaired) electrons. The van der Waals surface area contributed by atoms with E-state index < -0.39 is 10.0 Å². The van der Waals surface area contributed by atoms with Crippen molar-refractivity contribution in [2.45, 2.75) is 19.9 Å². The smallest absolute Gasteiger partial charge is 0.215 e. The molecule has 1 aromatic rings. The first-order valence-corrected chi connectivity index (χ1v) is 10.6. The van der Waals surface area contributed by atoms with Crippen LogP contribution in [0.25, 0.3) is 0 Å². The fourth-order valence-corrected chi connectivity index (χ4v) is 4.18. The first-order chi connectivity index (χ1) is 12.5. The molecule has 1 aliphatic heterocycles. The van der Waals surface area contributed by atoms with Crippen LogP contribution in [0.5, 0.6) is 0 Å². The monoisotopic (exact) mass is 382 g/mol. The molecule has 26 heavy (non-hydrogen) atoms. The van der Waals surface area contributed by atoms with Crippen LogP contribution in [0.4, 0.5) is 0 Å².